The zero-order valence-corrected chi connectivity index (χ0v) is 14.1. The minimum absolute atomic E-state index is 0.0831. The summed E-state index contributed by atoms with van der Waals surface area (Å²) in [7, 11) is 0. The lowest BCUT2D eigenvalue weighted by atomic mass is 9.93. The van der Waals surface area contributed by atoms with E-state index < -0.39 is 12.3 Å². The molecular weight excluding hydrogens is 319 g/mol. The molecule has 2 aromatic rings. The number of carbonyl (C=O) groups excluding carboxylic acids is 1. The molecule has 0 aliphatic heterocycles. The molecule has 1 saturated carbocycles. The second-order valence-corrected chi connectivity index (χ2v) is 6.38. The van der Waals surface area contributed by atoms with Crippen molar-refractivity contribution in [1.82, 2.24) is 0 Å². The summed E-state index contributed by atoms with van der Waals surface area (Å²) >= 11 is 0. The van der Waals surface area contributed by atoms with Gasteiger partial charge < -0.3 is 14.3 Å². The maximum Gasteiger partial charge on any atom is 0.139 e. The fraction of sp³-hybridized carbons (Fsp3) is 0.381. The van der Waals surface area contributed by atoms with Crippen molar-refractivity contribution in [2.45, 2.75) is 50.7 Å². The smallest absolute Gasteiger partial charge is 0.139 e. The number of ether oxygens (including phenoxy) is 2. The van der Waals surface area contributed by atoms with E-state index in [0.717, 1.165) is 23.8 Å². The maximum atomic E-state index is 14.6. The third-order valence-corrected chi connectivity index (χ3v) is 4.55. The van der Waals surface area contributed by atoms with E-state index in [1.165, 1.54) is 0 Å². The summed E-state index contributed by atoms with van der Waals surface area (Å²) in [6.45, 7) is 0.506. The summed E-state index contributed by atoms with van der Waals surface area (Å²) < 4.78 is 26.3. The van der Waals surface area contributed by atoms with Crippen LogP contribution in [0.3, 0.4) is 0 Å². The van der Waals surface area contributed by atoms with Gasteiger partial charge in [0.15, 0.2) is 0 Å². The Kier molecular flexibility index (Phi) is 6.18. The molecule has 1 aliphatic rings. The van der Waals surface area contributed by atoms with E-state index in [9.17, 15) is 9.18 Å². The quantitative estimate of drug-likeness (QED) is 0.705. The van der Waals surface area contributed by atoms with Crippen molar-refractivity contribution in [3.8, 4) is 5.75 Å². The Morgan fingerprint density at radius 3 is 2.56 bits per heavy atom. The molecule has 4 heteroatoms. The van der Waals surface area contributed by atoms with Crippen LogP contribution < -0.4 is 4.74 Å². The van der Waals surface area contributed by atoms with Crippen LogP contribution in [0.4, 0.5) is 4.39 Å². The zero-order chi connectivity index (χ0) is 17.5. The van der Waals surface area contributed by atoms with E-state index in [0.29, 0.717) is 25.2 Å². The van der Waals surface area contributed by atoms with Crippen molar-refractivity contribution in [3.63, 3.8) is 0 Å². The molecule has 1 fully saturated rings. The SMILES string of the molecule is O=CCc1ccccc1OC1CCC(OCc2ccccc2)CC1F. The van der Waals surface area contributed by atoms with Crippen LogP contribution in [-0.2, 0) is 22.6 Å². The number of para-hydroxylation sites is 1. The van der Waals surface area contributed by atoms with Crippen LogP contribution in [0.1, 0.15) is 30.4 Å². The predicted octanol–water partition coefficient (Wildman–Crippen LogP) is 4.28. The Labute approximate surface area is 147 Å². The van der Waals surface area contributed by atoms with Crippen molar-refractivity contribution in [3.05, 3.63) is 65.7 Å². The Morgan fingerprint density at radius 1 is 1.04 bits per heavy atom. The predicted molar refractivity (Wildman–Crippen MR) is 94.4 cm³/mol. The molecule has 0 radical (unpaired) electrons. The summed E-state index contributed by atoms with van der Waals surface area (Å²) in [6.07, 6.45) is 1.20. The third kappa shape index (κ3) is 4.89. The first-order valence-corrected chi connectivity index (χ1v) is 8.74. The standard InChI is InChI=1S/C21H23FO3/c22-19-14-18(24-15-16-6-2-1-3-7-16)10-11-21(19)25-20-9-5-4-8-17(20)12-13-23/h1-9,13,18-19,21H,10-12,14-15H2. The lowest BCUT2D eigenvalue weighted by molar-refractivity contribution is -0.107. The van der Waals surface area contributed by atoms with Crippen LogP contribution in [0, 0.1) is 0 Å². The van der Waals surface area contributed by atoms with E-state index >= 15 is 0 Å². The van der Waals surface area contributed by atoms with Gasteiger partial charge in [0.1, 0.15) is 24.3 Å². The van der Waals surface area contributed by atoms with Gasteiger partial charge in [-0.1, -0.05) is 48.5 Å². The van der Waals surface area contributed by atoms with Crippen molar-refractivity contribution in [2.75, 3.05) is 0 Å². The fourth-order valence-corrected chi connectivity index (χ4v) is 3.16. The van der Waals surface area contributed by atoms with E-state index in [4.69, 9.17) is 9.47 Å². The highest BCUT2D eigenvalue weighted by Gasteiger charge is 2.33. The van der Waals surface area contributed by atoms with E-state index in [1.54, 1.807) is 6.07 Å². The Balaban J connectivity index is 1.53. The molecule has 0 spiro atoms. The summed E-state index contributed by atoms with van der Waals surface area (Å²) in [5.41, 5.74) is 1.89. The molecule has 0 bridgehead atoms. The Morgan fingerprint density at radius 2 is 1.80 bits per heavy atom. The highest BCUT2D eigenvalue weighted by atomic mass is 19.1. The molecule has 0 heterocycles. The number of carbonyl (C=O) groups is 1. The molecule has 0 saturated heterocycles. The number of hydrogen-bond donors (Lipinski definition) is 0. The number of alkyl halides is 1. The highest BCUT2D eigenvalue weighted by Crippen LogP contribution is 2.30. The summed E-state index contributed by atoms with van der Waals surface area (Å²) in [6, 6.07) is 17.2. The molecule has 2 aromatic carbocycles. The van der Waals surface area contributed by atoms with E-state index in [-0.39, 0.29) is 12.5 Å². The normalized spacial score (nSPS) is 23.2. The van der Waals surface area contributed by atoms with Gasteiger partial charge in [-0.05, 0) is 24.5 Å². The summed E-state index contributed by atoms with van der Waals surface area (Å²) in [5.74, 6) is 0.603. The van der Waals surface area contributed by atoms with Gasteiger partial charge in [-0.3, -0.25) is 0 Å². The van der Waals surface area contributed by atoms with Crippen LogP contribution in [0.25, 0.3) is 0 Å². The Hall–Kier alpha value is -2.20. The number of hydrogen-bond acceptors (Lipinski definition) is 3. The number of halogens is 1. The van der Waals surface area contributed by atoms with Gasteiger partial charge in [0.25, 0.3) is 0 Å². The molecule has 0 amide bonds. The van der Waals surface area contributed by atoms with Gasteiger partial charge in [0.05, 0.1) is 12.7 Å². The first-order valence-electron chi connectivity index (χ1n) is 8.74. The average molecular weight is 342 g/mol. The number of rotatable bonds is 7. The maximum absolute atomic E-state index is 14.6. The minimum Gasteiger partial charge on any atom is -0.487 e. The number of aldehydes is 1. The molecular formula is C21H23FO3. The molecule has 3 rings (SSSR count). The van der Waals surface area contributed by atoms with Gasteiger partial charge in [0.2, 0.25) is 0 Å². The largest absolute Gasteiger partial charge is 0.487 e. The topological polar surface area (TPSA) is 35.5 Å². The fourth-order valence-electron chi connectivity index (χ4n) is 3.16. The van der Waals surface area contributed by atoms with Crippen molar-refractivity contribution in [2.24, 2.45) is 0 Å². The first kappa shape index (κ1) is 17.6. The van der Waals surface area contributed by atoms with E-state index in [2.05, 4.69) is 0 Å². The van der Waals surface area contributed by atoms with Crippen LogP contribution in [0.5, 0.6) is 5.75 Å². The first-order chi connectivity index (χ1) is 12.3. The van der Waals surface area contributed by atoms with Crippen molar-refractivity contribution in [1.29, 1.82) is 0 Å². The zero-order valence-electron chi connectivity index (χ0n) is 14.1. The highest BCUT2D eigenvalue weighted by molar-refractivity contribution is 5.57. The monoisotopic (exact) mass is 342 g/mol. The second kappa shape index (κ2) is 8.77. The summed E-state index contributed by atoms with van der Waals surface area (Å²) in [5, 5.41) is 0. The van der Waals surface area contributed by atoms with Gasteiger partial charge in [-0.2, -0.15) is 0 Å². The summed E-state index contributed by atoms with van der Waals surface area (Å²) in [4.78, 5) is 10.8. The Bertz CT molecular complexity index is 674. The molecule has 0 N–H and O–H groups in total. The van der Waals surface area contributed by atoms with Gasteiger partial charge in [-0.15, -0.1) is 0 Å². The number of benzene rings is 2. The van der Waals surface area contributed by atoms with Crippen LogP contribution >= 0.6 is 0 Å². The molecule has 1 aliphatic carbocycles. The van der Waals surface area contributed by atoms with Crippen LogP contribution in [-0.4, -0.2) is 24.7 Å². The molecule has 25 heavy (non-hydrogen) atoms. The molecule has 132 valence electrons. The van der Waals surface area contributed by atoms with Gasteiger partial charge in [-0.25, -0.2) is 4.39 Å². The van der Waals surface area contributed by atoms with Crippen molar-refractivity contribution >= 4 is 6.29 Å². The lowest BCUT2D eigenvalue weighted by Gasteiger charge is -2.32. The second-order valence-electron chi connectivity index (χ2n) is 6.38. The van der Waals surface area contributed by atoms with Crippen molar-refractivity contribution < 1.29 is 18.7 Å². The van der Waals surface area contributed by atoms with Gasteiger partial charge >= 0.3 is 0 Å². The average Bonchev–Trinajstić information content (AvgIpc) is 2.64. The molecule has 3 atom stereocenters. The minimum atomic E-state index is -1.07. The third-order valence-electron chi connectivity index (χ3n) is 4.55. The molecule has 3 unspecified atom stereocenters. The van der Waals surface area contributed by atoms with Crippen LogP contribution in [0.15, 0.2) is 54.6 Å². The van der Waals surface area contributed by atoms with Gasteiger partial charge in [0, 0.05) is 18.4 Å². The van der Waals surface area contributed by atoms with Crippen LogP contribution in [0.2, 0.25) is 0 Å². The van der Waals surface area contributed by atoms with E-state index in [1.807, 2.05) is 48.5 Å². The molecule has 3 nitrogen and oxygen atoms in total. The lowest BCUT2D eigenvalue weighted by Crippen LogP contribution is -2.38. The molecule has 0 aromatic heterocycles.